The molecule has 12 aromatic rings. The number of fused-ring (bicyclic) bond motifs is 10. The Bertz CT molecular complexity index is 3440. The summed E-state index contributed by atoms with van der Waals surface area (Å²) in [6, 6.07) is 73.0. The van der Waals surface area contributed by atoms with Crippen LogP contribution in [-0.2, 0) is 0 Å². The van der Waals surface area contributed by atoms with E-state index in [0.29, 0.717) is 0 Å². The van der Waals surface area contributed by atoms with Crippen molar-refractivity contribution >= 4 is 103 Å². The normalized spacial score (nSPS) is 11.9. The SMILES string of the molecule is c1ccc2c(-c3cc(N(c4ccc5c(c4)oc4ccccc45)c4ccc5c(c4)sc4ccccc45)ccc3-c3cc4ccccc4c4ccccc34)cccc2c1. The molecule has 0 spiro atoms. The van der Waals surface area contributed by atoms with Crippen LogP contribution in [0.4, 0.5) is 17.1 Å². The monoisotopic (exact) mass is 743 g/mol. The van der Waals surface area contributed by atoms with Crippen LogP contribution in [0.3, 0.4) is 0 Å². The van der Waals surface area contributed by atoms with E-state index in [0.717, 1.165) is 39.0 Å². The Kier molecular flexibility index (Phi) is 7.13. The second-order valence-electron chi connectivity index (χ2n) is 14.8. The number of furan rings is 1. The van der Waals surface area contributed by atoms with E-state index in [-0.39, 0.29) is 0 Å². The lowest BCUT2D eigenvalue weighted by Crippen LogP contribution is -2.10. The molecule has 2 aromatic heterocycles. The molecule has 0 N–H and O–H groups in total. The van der Waals surface area contributed by atoms with Gasteiger partial charge in [0, 0.05) is 54.1 Å². The van der Waals surface area contributed by atoms with Crippen molar-refractivity contribution in [1.82, 2.24) is 0 Å². The lowest BCUT2D eigenvalue weighted by atomic mass is 9.87. The fraction of sp³-hybridized carbons (Fsp3) is 0. The fourth-order valence-electron chi connectivity index (χ4n) is 9.02. The average molecular weight is 744 g/mol. The van der Waals surface area contributed by atoms with Crippen molar-refractivity contribution in [1.29, 1.82) is 0 Å². The summed E-state index contributed by atoms with van der Waals surface area (Å²) in [7, 11) is 0. The summed E-state index contributed by atoms with van der Waals surface area (Å²) in [5, 5.41) is 12.3. The second-order valence-corrected chi connectivity index (χ2v) is 15.9. The standard InChI is InChI=1S/C54H33NOS/c1-3-15-39-34(12-1)14-11-21-42(39)50-31-36(24-27-44(50)49-30-35-13-2-4-16-40(35)41-17-5-6-18-43(41)49)55(37-25-28-46-45-19-7-9-22-51(45)56-52(46)32-37)38-26-29-48-47-20-8-10-23-53(47)57-54(48)33-38/h1-33H. The van der Waals surface area contributed by atoms with Crippen LogP contribution < -0.4 is 4.90 Å². The molecule has 2 nitrogen and oxygen atoms in total. The van der Waals surface area contributed by atoms with Crippen molar-refractivity contribution in [3.05, 3.63) is 200 Å². The number of benzene rings is 10. The Hall–Kier alpha value is -7.20. The Balaban J connectivity index is 1.15. The van der Waals surface area contributed by atoms with E-state index in [2.05, 4.69) is 193 Å². The largest absolute Gasteiger partial charge is 0.456 e. The molecular formula is C54H33NOS. The molecule has 10 aromatic carbocycles. The third-order valence-electron chi connectivity index (χ3n) is 11.6. The summed E-state index contributed by atoms with van der Waals surface area (Å²) in [4.78, 5) is 2.40. The van der Waals surface area contributed by atoms with Crippen LogP contribution in [0.25, 0.3) is 96.7 Å². The maximum atomic E-state index is 6.49. The van der Waals surface area contributed by atoms with Crippen molar-refractivity contribution in [2.75, 3.05) is 4.90 Å². The molecule has 0 amide bonds. The quantitative estimate of drug-likeness (QED) is 0.163. The van der Waals surface area contributed by atoms with Crippen LogP contribution in [0.15, 0.2) is 205 Å². The summed E-state index contributed by atoms with van der Waals surface area (Å²) in [5.74, 6) is 0. The van der Waals surface area contributed by atoms with Gasteiger partial charge in [-0.05, 0) is 109 Å². The molecule has 2 heterocycles. The molecule has 0 atom stereocenters. The topological polar surface area (TPSA) is 16.4 Å². The van der Waals surface area contributed by atoms with Crippen molar-refractivity contribution < 1.29 is 4.42 Å². The lowest BCUT2D eigenvalue weighted by molar-refractivity contribution is 0.669. The number of thiophene rings is 1. The van der Waals surface area contributed by atoms with Crippen LogP contribution in [-0.4, -0.2) is 0 Å². The highest BCUT2D eigenvalue weighted by Gasteiger charge is 2.21. The lowest BCUT2D eigenvalue weighted by Gasteiger charge is -2.27. The zero-order valence-electron chi connectivity index (χ0n) is 30.8. The van der Waals surface area contributed by atoms with E-state index in [1.807, 2.05) is 23.5 Å². The molecule has 57 heavy (non-hydrogen) atoms. The fourth-order valence-corrected chi connectivity index (χ4v) is 10.2. The van der Waals surface area contributed by atoms with E-state index in [1.165, 1.54) is 74.7 Å². The first-order valence-electron chi connectivity index (χ1n) is 19.4. The van der Waals surface area contributed by atoms with Gasteiger partial charge < -0.3 is 9.32 Å². The van der Waals surface area contributed by atoms with Gasteiger partial charge in [-0.15, -0.1) is 11.3 Å². The van der Waals surface area contributed by atoms with E-state index in [1.54, 1.807) is 0 Å². The minimum atomic E-state index is 0.871. The molecule has 0 fully saturated rings. The number of anilines is 3. The Morgan fingerprint density at radius 2 is 0.895 bits per heavy atom. The minimum absolute atomic E-state index is 0.871. The van der Waals surface area contributed by atoms with Gasteiger partial charge in [0.2, 0.25) is 0 Å². The predicted octanol–water partition coefficient (Wildman–Crippen LogP) is 16.2. The van der Waals surface area contributed by atoms with E-state index in [9.17, 15) is 0 Å². The van der Waals surface area contributed by atoms with Crippen molar-refractivity contribution in [2.24, 2.45) is 0 Å². The average Bonchev–Trinajstić information content (AvgIpc) is 3.84. The maximum absolute atomic E-state index is 6.49. The zero-order chi connectivity index (χ0) is 37.5. The van der Waals surface area contributed by atoms with Crippen LogP contribution in [0.5, 0.6) is 0 Å². The van der Waals surface area contributed by atoms with Gasteiger partial charge in [0.15, 0.2) is 0 Å². The maximum Gasteiger partial charge on any atom is 0.137 e. The van der Waals surface area contributed by atoms with Gasteiger partial charge in [0.05, 0.1) is 0 Å². The molecule has 0 aliphatic carbocycles. The van der Waals surface area contributed by atoms with Gasteiger partial charge in [-0.1, -0.05) is 140 Å². The van der Waals surface area contributed by atoms with Gasteiger partial charge in [-0.2, -0.15) is 0 Å². The van der Waals surface area contributed by atoms with Gasteiger partial charge in [0.25, 0.3) is 0 Å². The van der Waals surface area contributed by atoms with Gasteiger partial charge in [-0.3, -0.25) is 0 Å². The first-order valence-corrected chi connectivity index (χ1v) is 20.2. The first kappa shape index (κ1) is 32.1. The van der Waals surface area contributed by atoms with Gasteiger partial charge in [0.1, 0.15) is 11.2 Å². The Morgan fingerprint density at radius 1 is 0.298 bits per heavy atom. The number of hydrogen-bond donors (Lipinski definition) is 0. The summed E-state index contributed by atoms with van der Waals surface area (Å²) >= 11 is 1.85. The summed E-state index contributed by atoms with van der Waals surface area (Å²) in [6.45, 7) is 0. The summed E-state index contributed by atoms with van der Waals surface area (Å²) in [5.41, 5.74) is 9.78. The Labute approximate surface area is 333 Å². The van der Waals surface area contributed by atoms with Crippen LogP contribution >= 0.6 is 11.3 Å². The van der Waals surface area contributed by atoms with Gasteiger partial charge in [-0.25, -0.2) is 0 Å². The zero-order valence-corrected chi connectivity index (χ0v) is 31.6. The van der Waals surface area contributed by atoms with Crippen molar-refractivity contribution in [3.63, 3.8) is 0 Å². The van der Waals surface area contributed by atoms with E-state index < -0.39 is 0 Å². The van der Waals surface area contributed by atoms with Crippen LogP contribution in [0.2, 0.25) is 0 Å². The molecule has 0 aliphatic heterocycles. The third kappa shape index (κ3) is 5.10. The summed E-state index contributed by atoms with van der Waals surface area (Å²) < 4.78 is 9.05. The van der Waals surface area contributed by atoms with Crippen molar-refractivity contribution in [3.8, 4) is 22.3 Å². The molecule has 0 saturated carbocycles. The highest BCUT2D eigenvalue weighted by atomic mass is 32.1. The molecule has 0 aliphatic rings. The number of nitrogens with zero attached hydrogens (tertiary/aromatic N) is 1. The molecule has 3 heteroatoms. The smallest absolute Gasteiger partial charge is 0.137 e. The number of hydrogen-bond acceptors (Lipinski definition) is 3. The summed E-state index contributed by atoms with van der Waals surface area (Å²) in [6.07, 6.45) is 0. The van der Waals surface area contributed by atoms with E-state index in [4.69, 9.17) is 4.42 Å². The second kappa shape index (κ2) is 12.7. The molecule has 12 rings (SSSR count). The molecule has 0 unspecified atom stereocenters. The molecule has 0 radical (unpaired) electrons. The molecule has 266 valence electrons. The highest BCUT2D eigenvalue weighted by molar-refractivity contribution is 7.25. The first-order chi connectivity index (χ1) is 28.2. The Morgan fingerprint density at radius 3 is 1.77 bits per heavy atom. The number of para-hydroxylation sites is 1. The minimum Gasteiger partial charge on any atom is -0.456 e. The van der Waals surface area contributed by atoms with Crippen LogP contribution in [0.1, 0.15) is 0 Å². The predicted molar refractivity (Wildman–Crippen MR) is 245 cm³/mol. The number of rotatable bonds is 5. The molecular weight excluding hydrogens is 711 g/mol. The van der Waals surface area contributed by atoms with Crippen molar-refractivity contribution in [2.45, 2.75) is 0 Å². The highest BCUT2D eigenvalue weighted by Crippen LogP contribution is 2.47. The third-order valence-corrected chi connectivity index (χ3v) is 12.8. The van der Waals surface area contributed by atoms with Gasteiger partial charge >= 0.3 is 0 Å². The molecule has 0 bridgehead atoms. The molecule has 0 saturated heterocycles. The van der Waals surface area contributed by atoms with E-state index >= 15 is 0 Å². The van der Waals surface area contributed by atoms with Crippen LogP contribution in [0, 0.1) is 0 Å².